The quantitative estimate of drug-likeness (QED) is 0.807. The number of aromatic nitrogens is 1. The fraction of sp³-hybridized carbons (Fsp3) is 0.571. The van der Waals surface area contributed by atoms with E-state index in [1.165, 1.54) is 12.8 Å². The van der Waals surface area contributed by atoms with Gasteiger partial charge in [-0.15, -0.1) is 0 Å². The van der Waals surface area contributed by atoms with Gasteiger partial charge in [-0.2, -0.15) is 0 Å². The van der Waals surface area contributed by atoms with Gasteiger partial charge >= 0.3 is 0 Å². The first-order valence-electron chi connectivity index (χ1n) is 6.66. The van der Waals surface area contributed by atoms with E-state index in [1.807, 2.05) is 26.0 Å². The van der Waals surface area contributed by atoms with Gasteiger partial charge in [0.15, 0.2) is 0 Å². The third kappa shape index (κ3) is 4.01. The second-order valence-electron chi connectivity index (χ2n) is 4.84. The summed E-state index contributed by atoms with van der Waals surface area (Å²) >= 11 is 3.34. The molecule has 104 valence electrons. The van der Waals surface area contributed by atoms with Crippen LogP contribution in [0.1, 0.15) is 26.7 Å². The van der Waals surface area contributed by atoms with Crippen LogP contribution in [-0.2, 0) is 9.53 Å². The summed E-state index contributed by atoms with van der Waals surface area (Å²) < 4.78 is 6.53. The number of ether oxygens (including phenoxy) is 1. The standard InChI is InChI=1S/C14H19BrN2O2/c1-3-17(13-7-6-12(15)8-16-13)14(18)10(2)19-9-11-4-5-11/h6-8,10-11H,3-5,9H2,1-2H3. The SMILES string of the molecule is CCN(C(=O)C(C)OCC1CC1)c1ccc(Br)cn1. The number of carbonyl (C=O) groups is 1. The average Bonchev–Trinajstić information content (AvgIpc) is 3.23. The minimum absolute atomic E-state index is 0.0297. The number of amides is 1. The van der Waals surface area contributed by atoms with Crippen molar-refractivity contribution in [3.05, 3.63) is 22.8 Å². The van der Waals surface area contributed by atoms with Crippen LogP contribution >= 0.6 is 15.9 Å². The van der Waals surface area contributed by atoms with Crippen LogP contribution in [0.15, 0.2) is 22.8 Å². The predicted octanol–water partition coefficient (Wildman–Crippen LogP) is 3.01. The van der Waals surface area contributed by atoms with Crippen molar-refractivity contribution in [1.29, 1.82) is 0 Å². The van der Waals surface area contributed by atoms with Crippen molar-refractivity contribution in [3.8, 4) is 0 Å². The molecule has 0 aliphatic heterocycles. The van der Waals surface area contributed by atoms with E-state index in [9.17, 15) is 4.79 Å². The largest absolute Gasteiger partial charge is 0.368 e. The molecule has 4 nitrogen and oxygen atoms in total. The molecule has 1 aromatic heterocycles. The topological polar surface area (TPSA) is 42.4 Å². The number of likely N-dealkylation sites (N-methyl/N-ethyl adjacent to an activating group) is 1. The van der Waals surface area contributed by atoms with Gasteiger partial charge in [0.25, 0.3) is 5.91 Å². The number of hydrogen-bond acceptors (Lipinski definition) is 3. The lowest BCUT2D eigenvalue weighted by Gasteiger charge is -2.23. The second kappa shape index (κ2) is 6.48. The van der Waals surface area contributed by atoms with Gasteiger partial charge in [0.05, 0.1) is 6.61 Å². The lowest BCUT2D eigenvalue weighted by molar-refractivity contribution is -0.129. The summed E-state index contributed by atoms with van der Waals surface area (Å²) in [5, 5.41) is 0. The van der Waals surface area contributed by atoms with Crippen molar-refractivity contribution in [2.75, 3.05) is 18.1 Å². The summed E-state index contributed by atoms with van der Waals surface area (Å²) in [6.45, 7) is 5.03. The van der Waals surface area contributed by atoms with Crippen molar-refractivity contribution in [2.24, 2.45) is 5.92 Å². The zero-order chi connectivity index (χ0) is 13.8. The molecule has 0 radical (unpaired) electrons. The van der Waals surface area contributed by atoms with Gasteiger partial charge in [0.1, 0.15) is 11.9 Å². The zero-order valence-corrected chi connectivity index (χ0v) is 12.9. The molecule has 1 fully saturated rings. The van der Waals surface area contributed by atoms with Gasteiger partial charge in [-0.1, -0.05) is 0 Å². The number of carbonyl (C=O) groups excluding carboxylic acids is 1. The van der Waals surface area contributed by atoms with Gasteiger partial charge in [0, 0.05) is 17.2 Å². The molecule has 0 N–H and O–H groups in total. The van der Waals surface area contributed by atoms with Crippen molar-refractivity contribution >= 4 is 27.7 Å². The average molecular weight is 327 g/mol. The molecular formula is C14H19BrN2O2. The van der Waals surface area contributed by atoms with E-state index < -0.39 is 6.10 Å². The van der Waals surface area contributed by atoms with E-state index >= 15 is 0 Å². The molecule has 0 saturated heterocycles. The van der Waals surface area contributed by atoms with Crippen molar-refractivity contribution in [2.45, 2.75) is 32.8 Å². The molecule has 1 amide bonds. The monoisotopic (exact) mass is 326 g/mol. The van der Waals surface area contributed by atoms with Crippen LogP contribution in [0.5, 0.6) is 0 Å². The summed E-state index contributed by atoms with van der Waals surface area (Å²) in [5.74, 6) is 1.30. The molecule has 2 rings (SSSR count). The summed E-state index contributed by atoms with van der Waals surface area (Å²) in [6, 6.07) is 3.72. The molecule has 1 aliphatic carbocycles. The number of nitrogens with zero attached hydrogens (tertiary/aromatic N) is 2. The highest BCUT2D eigenvalue weighted by molar-refractivity contribution is 9.10. The first kappa shape index (κ1) is 14.5. The van der Waals surface area contributed by atoms with Crippen LogP contribution in [-0.4, -0.2) is 30.1 Å². The molecule has 19 heavy (non-hydrogen) atoms. The van der Waals surface area contributed by atoms with Gasteiger partial charge in [0.2, 0.25) is 0 Å². The third-order valence-corrected chi connectivity index (χ3v) is 3.67. The highest BCUT2D eigenvalue weighted by atomic mass is 79.9. The number of halogens is 1. The number of anilines is 1. The van der Waals surface area contributed by atoms with E-state index in [4.69, 9.17) is 4.74 Å². The first-order valence-corrected chi connectivity index (χ1v) is 7.45. The normalized spacial score (nSPS) is 16.2. The molecule has 0 spiro atoms. The van der Waals surface area contributed by atoms with Crippen LogP contribution in [0.2, 0.25) is 0 Å². The van der Waals surface area contributed by atoms with Crippen LogP contribution < -0.4 is 4.90 Å². The van der Waals surface area contributed by atoms with Gasteiger partial charge in [-0.25, -0.2) is 4.98 Å². The molecule has 1 heterocycles. The second-order valence-corrected chi connectivity index (χ2v) is 5.75. The van der Waals surface area contributed by atoms with Crippen LogP contribution in [0, 0.1) is 5.92 Å². The van der Waals surface area contributed by atoms with Crippen molar-refractivity contribution in [3.63, 3.8) is 0 Å². The Morgan fingerprint density at radius 1 is 1.58 bits per heavy atom. The highest BCUT2D eigenvalue weighted by Gasteiger charge is 2.26. The third-order valence-electron chi connectivity index (χ3n) is 3.20. The summed E-state index contributed by atoms with van der Waals surface area (Å²) in [7, 11) is 0. The minimum atomic E-state index is -0.411. The molecule has 1 aromatic rings. The lowest BCUT2D eigenvalue weighted by atomic mass is 10.3. The highest BCUT2D eigenvalue weighted by Crippen LogP contribution is 2.29. The smallest absolute Gasteiger partial charge is 0.256 e. The predicted molar refractivity (Wildman–Crippen MR) is 78.1 cm³/mol. The molecule has 0 aromatic carbocycles. The van der Waals surface area contributed by atoms with Crippen LogP contribution in [0.25, 0.3) is 0 Å². The summed E-state index contributed by atoms with van der Waals surface area (Å²) in [6.07, 6.45) is 3.74. The van der Waals surface area contributed by atoms with E-state index in [0.717, 1.165) is 4.47 Å². The maximum atomic E-state index is 12.3. The lowest BCUT2D eigenvalue weighted by Crippen LogP contribution is -2.39. The Balaban J connectivity index is 1.98. The van der Waals surface area contributed by atoms with Crippen molar-refractivity contribution in [1.82, 2.24) is 4.98 Å². The van der Waals surface area contributed by atoms with Gasteiger partial charge < -0.3 is 4.74 Å². The molecule has 1 saturated carbocycles. The Morgan fingerprint density at radius 3 is 2.84 bits per heavy atom. The maximum Gasteiger partial charge on any atom is 0.256 e. The first-order chi connectivity index (χ1) is 9.11. The summed E-state index contributed by atoms with van der Waals surface area (Å²) in [4.78, 5) is 18.3. The van der Waals surface area contributed by atoms with E-state index in [1.54, 1.807) is 11.1 Å². The molecule has 1 aliphatic rings. The maximum absolute atomic E-state index is 12.3. The Morgan fingerprint density at radius 2 is 2.32 bits per heavy atom. The van der Waals surface area contributed by atoms with E-state index in [2.05, 4.69) is 20.9 Å². The minimum Gasteiger partial charge on any atom is -0.368 e. The molecular weight excluding hydrogens is 308 g/mol. The number of hydrogen-bond donors (Lipinski definition) is 0. The Kier molecular flexibility index (Phi) is 4.93. The van der Waals surface area contributed by atoms with Gasteiger partial charge in [-0.3, -0.25) is 9.69 Å². The van der Waals surface area contributed by atoms with E-state index in [0.29, 0.717) is 24.9 Å². The number of pyridine rings is 1. The summed E-state index contributed by atoms with van der Waals surface area (Å²) in [5.41, 5.74) is 0. The fourth-order valence-electron chi connectivity index (χ4n) is 1.81. The van der Waals surface area contributed by atoms with Crippen LogP contribution in [0.4, 0.5) is 5.82 Å². The molecule has 5 heteroatoms. The zero-order valence-electron chi connectivity index (χ0n) is 11.3. The Bertz CT molecular complexity index is 432. The molecule has 0 bridgehead atoms. The fourth-order valence-corrected chi connectivity index (χ4v) is 2.05. The van der Waals surface area contributed by atoms with Gasteiger partial charge in [-0.05, 0) is 60.7 Å². The number of rotatable bonds is 6. The Hall–Kier alpha value is -0.940. The van der Waals surface area contributed by atoms with Crippen molar-refractivity contribution < 1.29 is 9.53 Å². The van der Waals surface area contributed by atoms with E-state index in [-0.39, 0.29) is 5.91 Å². The van der Waals surface area contributed by atoms with Crippen LogP contribution in [0.3, 0.4) is 0 Å². The molecule has 1 unspecified atom stereocenters. The Labute approximate surface area is 122 Å². The molecule has 1 atom stereocenters.